The van der Waals surface area contributed by atoms with E-state index in [1.165, 1.54) is 23.1 Å². The number of carbonyl (C=O) groups excluding carboxylic acids is 1. The highest BCUT2D eigenvalue weighted by Gasteiger charge is 2.11. The summed E-state index contributed by atoms with van der Waals surface area (Å²) in [5.74, 6) is -0.576. The zero-order valence-electron chi connectivity index (χ0n) is 12.8. The average Bonchev–Trinajstić information content (AvgIpc) is 2.99. The Morgan fingerprint density at radius 3 is 2.71 bits per heavy atom. The van der Waals surface area contributed by atoms with Crippen molar-refractivity contribution in [2.45, 2.75) is 13.5 Å². The molecule has 1 aromatic heterocycles. The minimum atomic E-state index is -0.414. The third-order valence-corrected chi connectivity index (χ3v) is 3.81. The van der Waals surface area contributed by atoms with Gasteiger partial charge in [-0.1, -0.05) is 35.4 Å². The van der Waals surface area contributed by atoms with Crippen LogP contribution in [-0.4, -0.2) is 20.7 Å². The van der Waals surface area contributed by atoms with Crippen LogP contribution in [0.4, 0.5) is 10.3 Å². The standard InChI is InChI=1S/C17H14ClFN4O/c1-11-5-7-12(8-6-11)16(24)21-17-20-10-23(22-17)9-13-14(18)3-2-4-15(13)19/h2-8,10H,9H2,1H3,(H,21,22,24). The lowest BCUT2D eigenvalue weighted by Crippen LogP contribution is -2.13. The van der Waals surface area contributed by atoms with Crippen LogP contribution in [0.1, 0.15) is 21.5 Å². The first kappa shape index (κ1) is 16.1. The van der Waals surface area contributed by atoms with Crippen molar-refractivity contribution in [2.75, 3.05) is 5.32 Å². The van der Waals surface area contributed by atoms with Gasteiger partial charge in [-0.2, -0.15) is 0 Å². The van der Waals surface area contributed by atoms with Crippen molar-refractivity contribution in [1.29, 1.82) is 0 Å². The summed E-state index contributed by atoms with van der Waals surface area (Å²) in [6.45, 7) is 2.07. The molecule has 0 saturated heterocycles. The average molecular weight is 345 g/mol. The maximum absolute atomic E-state index is 13.8. The first-order valence-corrected chi connectivity index (χ1v) is 7.61. The third kappa shape index (κ3) is 3.60. The van der Waals surface area contributed by atoms with Gasteiger partial charge in [0.1, 0.15) is 12.1 Å². The summed E-state index contributed by atoms with van der Waals surface area (Å²) in [4.78, 5) is 16.1. The van der Waals surface area contributed by atoms with Crippen LogP contribution in [0.15, 0.2) is 48.8 Å². The number of anilines is 1. The van der Waals surface area contributed by atoms with E-state index >= 15 is 0 Å². The lowest BCUT2D eigenvalue weighted by atomic mass is 10.1. The Balaban J connectivity index is 1.71. The molecule has 0 aliphatic rings. The van der Waals surface area contributed by atoms with Gasteiger partial charge in [0.2, 0.25) is 5.95 Å². The number of amides is 1. The van der Waals surface area contributed by atoms with Crippen molar-refractivity contribution in [2.24, 2.45) is 0 Å². The molecule has 1 heterocycles. The smallest absolute Gasteiger partial charge is 0.258 e. The fourth-order valence-electron chi connectivity index (χ4n) is 2.15. The van der Waals surface area contributed by atoms with Crippen LogP contribution in [0.3, 0.4) is 0 Å². The summed E-state index contributed by atoms with van der Waals surface area (Å²) in [6, 6.07) is 11.6. The van der Waals surface area contributed by atoms with Crippen LogP contribution in [0.2, 0.25) is 5.02 Å². The van der Waals surface area contributed by atoms with E-state index < -0.39 is 5.82 Å². The SMILES string of the molecule is Cc1ccc(C(=O)Nc2ncn(Cc3c(F)cccc3Cl)n2)cc1. The zero-order chi connectivity index (χ0) is 17.1. The van der Waals surface area contributed by atoms with E-state index in [1.807, 2.05) is 19.1 Å². The van der Waals surface area contributed by atoms with Gasteiger partial charge in [-0.25, -0.2) is 14.1 Å². The number of carbonyl (C=O) groups is 1. The summed E-state index contributed by atoms with van der Waals surface area (Å²) in [6.07, 6.45) is 1.41. The maximum atomic E-state index is 13.8. The lowest BCUT2D eigenvalue weighted by Gasteiger charge is -2.05. The van der Waals surface area contributed by atoms with Crippen molar-refractivity contribution < 1.29 is 9.18 Å². The molecule has 0 fully saturated rings. The fourth-order valence-corrected chi connectivity index (χ4v) is 2.37. The number of rotatable bonds is 4. The number of aromatic nitrogens is 3. The third-order valence-electron chi connectivity index (χ3n) is 3.46. The van der Waals surface area contributed by atoms with Crippen LogP contribution in [-0.2, 0) is 6.54 Å². The van der Waals surface area contributed by atoms with Crippen molar-refractivity contribution in [3.8, 4) is 0 Å². The second-order valence-electron chi connectivity index (χ2n) is 5.29. The first-order chi connectivity index (χ1) is 11.5. The highest BCUT2D eigenvalue weighted by molar-refractivity contribution is 6.31. The van der Waals surface area contributed by atoms with E-state index in [9.17, 15) is 9.18 Å². The molecule has 0 spiro atoms. The summed E-state index contributed by atoms with van der Waals surface area (Å²) >= 11 is 5.99. The predicted octanol–water partition coefficient (Wildman–Crippen LogP) is 3.68. The van der Waals surface area contributed by atoms with Gasteiger partial charge in [0.05, 0.1) is 6.54 Å². The fraction of sp³-hybridized carbons (Fsp3) is 0.118. The summed E-state index contributed by atoms with van der Waals surface area (Å²) in [7, 11) is 0. The van der Waals surface area contributed by atoms with Gasteiger partial charge in [0.15, 0.2) is 0 Å². The molecule has 0 bridgehead atoms. The molecular formula is C17H14ClFN4O. The molecule has 0 unspecified atom stereocenters. The van der Waals surface area contributed by atoms with Gasteiger partial charge in [-0.05, 0) is 31.2 Å². The molecule has 3 aromatic rings. The van der Waals surface area contributed by atoms with Gasteiger partial charge in [-0.3, -0.25) is 10.1 Å². The first-order valence-electron chi connectivity index (χ1n) is 7.23. The minimum Gasteiger partial charge on any atom is -0.289 e. The van der Waals surface area contributed by atoms with E-state index in [0.29, 0.717) is 16.1 Å². The van der Waals surface area contributed by atoms with Crippen molar-refractivity contribution in [3.63, 3.8) is 0 Å². The number of hydrogen-bond acceptors (Lipinski definition) is 3. The quantitative estimate of drug-likeness (QED) is 0.785. The molecule has 5 nitrogen and oxygen atoms in total. The summed E-state index contributed by atoms with van der Waals surface area (Å²) < 4.78 is 15.2. The molecule has 122 valence electrons. The Labute approximate surface area is 143 Å². The Morgan fingerprint density at radius 2 is 2.00 bits per heavy atom. The van der Waals surface area contributed by atoms with Crippen LogP contribution >= 0.6 is 11.6 Å². The molecular weight excluding hydrogens is 331 g/mol. The second kappa shape index (κ2) is 6.80. The predicted molar refractivity (Wildman–Crippen MR) is 89.7 cm³/mol. The van der Waals surface area contributed by atoms with E-state index in [4.69, 9.17) is 11.6 Å². The Kier molecular flexibility index (Phi) is 4.57. The number of hydrogen-bond donors (Lipinski definition) is 1. The zero-order valence-corrected chi connectivity index (χ0v) is 13.6. The maximum Gasteiger partial charge on any atom is 0.258 e. The van der Waals surface area contributed by atoms with Crippen molar-refractivity contribution >= 4 is 23.5 Å². The minimum absolute atomic E-state index is 0.124. The largest absolute Gasteiger partial charge is 0.289 e. The molecule has 24 heavy (non-hydrogen) atoms. The number of benzene rings is 2. The van der Waals surface area contributed by atoms with E-state index in [0.717, 1.165) is 5.56 Å². The summed E-state index contributed by atoms with van der Waals surface area (Å²) in [5.41, 5.74) is 1.89. The molecule has 0 aliphatic heterocycles. The molecule has 1 amide bonds. The Morgan fingerprint density at radius 1 is 1.25 bits per heavy atom. The van der Waals surface area contributed by atoms with Gasteiger partial charge in [-0.15, -0.1) is 5.10 Å². The highest BCUT2D eigenvalue weighted by atomic mass is 35.5. The Hall–Kier alpha value is -2.73. The van der Waals surface area contributed by atoms with Gasteiger partial charge in [0, 0.05) is 16.1 Å². The van der Waals surface area contributed by atoms with Gasteiger partial charge >= 0.3 is 0 Å². The van der Waals surface area contributed by atoms with Crippen molar-refractivity contribution in [3.05, 3.63) is 76.3 Å². The van der Waals surface area contributed by atoms with Crippen LogP contribution in [0.25, 0.3) is 0 Å². The lowest BCUT2D eigenvalue weighted by molar-refractivity contribution is 0.102. The highest BCUT2D eigenvalue weighted by Crippen LogP contribution is 2.19. The number of nitrogens with one attached hydrogen (secondary N) is 1. The van der Waals surface area contributed by atoms with Gasteiger partial charge in [0.25, 0.3) is 5.91 Å². The molecule has 3 rings (SSSR count). The second-order valence-corrected chi connectivity index (χ2v) is 5.69. The molecule has 0 atom stereocenters. The monoisotopic (exact) mass is 344 g/mol. The molecule has 0 saturated carbocycles. The molecule has 2 aromatic carbocycles. The summed E-state index contributed by atoms with van der Waals surface area (Å²) in [5, 5.41) is 7.04. The molecule has 7 heteroatoms. The van der Waals surface area contributed by atoms with E-state index in [2.05, 4.69) is 15.4 Å². The topological polar surface area (TPSA) is 59.8 Å². The van der Waals surface area contributed by atoms with Crippen molar-refractivity contribution in [1.82, 2.24) is 14.8 Å². The Bertz CT molecular complexity index is 856. The molecule has 0 radical (unpaired) electrons. The van der Waals surface area contributed by atoms with Crippen LogP contribution in [0.5, 0.6) is 0 Å². The van der Waals surface area contributed by atoms with E-state index in [-0.39, 0.29) is 18.4 Å². The number of nitrogens with zero attached hydrogens (tertiary/aromatic N) is 3. The van der Waals surface area contributed by atoms with Gasteiger partial charge < -0.3 is 0 Å². The normalized spacial score (nSPS) is 10.6. The van der Waals surface area contributed by atoms with E-state index in [1.54, 1.807) is 18.2 Å². The number of halogens is 2. The molecule has 1 N–H and O–H groups in total. The number of aryl methyl sites for hydroxylation is 1. The van der Waals surface area contributed by atoms with Crippen LogP contribution < -0.4 is 5.32 Å². The molecule has 0 aliphatic carbocycles. The van der Waals surface area contributed by atoms with Crippen LogP contribution in [0, 0.1) is 12.7 Å².